The van der Waals surface area contributed by atoms with E-state index < -0.39 is 18.0 Å². The van der Waals surface area contributed by atoms with Gasteiger partial charge in [0.2, 0.25) is 0 Å². The van der Waals surface area contributed by atoms with Gasteiger partial charge >= 0.3 is 0 Å². The molecule has 0 bridgehead atoms. The number of aliphatic hydroxyl groups is 2. The molecule has 0 spiro atoms. The lowest BCUT2D eigenvalue weighted by molar-refractivity contribution is 0.190. The third kappa shape index (κ3) is 7.74. The standard InChI is InChI=1S/C31H34Cl2FN5O3/c1-18(40)14-35-16-21-8-7-20(13-26(21)42-3)30-28(33)24(10-12-37-30)23-5-4-6-25(27(23)32)39-31-29(34)22(9-11-38-31)17-36-15-19(2)41/h4-13,18-19,35-36,40-41H,14-17H2,1-3H3,(H,38,39)/t18-,19+/m0/s1. The summed E-state index contributed by atoms with van der Waals surface area (Å²) < 4.78 is 20.8. The molecule has 2 atom stereocenters. The van der Waals surface area contributed by atoms with Crippen molar-refractivity contribution in [2.24, 2.45) is 0 Å². The number of hydrogen-bond donors (Lipinski definition) is 5. The Balaban J connectivity index is 1.61. The molecular formula is C31H34Cl2FN5O3. The fraction of sp³-hybridized carbons (Fsp3) is 0.290. The summed E-state index contributed by atoms with van der Waals surface area (Å²) >= 11 is 13.7. The minimum Gasteiger partial charge on any atom is -0.496 e. The van der Waals surface area contributed by atoms with Gasteiger partial charge in [0, 0.05) is 66.4 Å². The quantitative estimate of drug-likeness (QED) is 0.126. The predicted octanol–water partition coefficient (Wildman–Crippen LogP) is 5.95. The molecule has 0 saturated carbocycles. The van der Waals surface area contributed by atoms with Crippen LogP contribution in [0.25, 0.3) is 22.4 Å². The first kappa shape index (κ1) is 31.6. The lowest BCUT2D eigenvalue weighted by Crippen LogP contribution is -2.24. The highest BCUT2D eigenvalue weighted by Crippen LogP contribution is 2.41. The highest BCUT2D eigenvalue weighted by molar-refractivity contribution is 6.39. The minimum atomic E-state index is -0.542. The van der Waals surface area contributed by atoms with Gasteiger partial charge in [-0.3, -0.25) is 4.98 Å². The van der Waals surface area contributed by atoms with Gasteiger partial charge in [-0.15, -0.1) is 0 Å². The zero-order chi connectivity index (χ0) is 30.2. The third-order valence-electron chi connectivity index (χ3n) is 6.47. The van der Waals surface area contributed by atoms with Crippen molar-refractivity contribution in [3.8, 4) is 28.1 Å². The highest BCUT2D eigenvalue weighted by Gasteiger charge is 2.18. The molecule has 2 aromatic heterocycles. The average molecular weight is 615 g/mol. The number of halogens is 3. The molecule has 5 N–H and O–H groups in total. The van der Waals surface area contributed by atoms with Crippen LogP contribution in [0.4, 0.5) is 15.9 Å². The maximum atomic E-state index is 15.2. The SMILES string of the molecule is COc1cc(-c2nccc(-c3cccc(Nc4nccc(CNC[C@@H](C)O)c4F)c3Cl)c2Cl)ccc1CNC[C@H](C)O. The molecule has 0 aliphatic carbocycles. The summed E-state index contributed by atoms with van der Waals surface area (Å²) in [5, 5.41) is 28.9. The number of nitrogens with zero attached hydrogens (tertiary/aromatic N) is 2. The molecule has 0 aliphatic heterocycles. The molecule has 4 aromatic rings. The molecule has 42 heavy (non-hydrogen) atoms. The molecule has 11 heteroatoms. The zero-order valence-electron chi connectivity index (χ0n) is 23.6. The molecule has 222 valence electrons. The van der Waals surface area contributed by atoms with Crippen LogP contribution in [0.2, 0.25) is 10.0 Å². The molecule has 0 unspecified atom stereocenters. The first-order chi connectivity index (χ1) is 20.2. The number of anilines is 2. The fourth-order valence-corrected chi connectivity index (χ4v) is 4.99. The number of benzene rings is 2. The van der Waals surface area contributed by atoms with Crippen molar-refractivity contribution < 1.29 is 19.3 Å². The maximum absolute atomic E-state index is 15.2. The molecule has 0 amide bonds. The molecular weight excluding hydrogens is 580 g/mol. The Morgan fingerprint density at radius 1 is 0.857 bits per heavy atom. The second-order valence-electron chi connectivity index (χ2n) is 9.93. The van der Waals surface area contributed by atoms with Gasteiger partial charge in [0.05, 0.1) is 40.7 Å². The van der Waals surface area contributed by atoms with Crippen molar-refractivity contribution in [1.29, 1.82) is 0 Å². The second kappa shape index (κ2) is 14.7. The predicted molar refractivity (Wildman–Crippen MR) is 166 cm³/mol. The lowest BCUT2D eigenvalue weighted by Gasteiger charge is -2.16. The third-order valence-corrected chi connectivity index (χ3v) is 7.26. The van der Waals surface area contributed by atoms with Crippen LogP contribution >= 0.6 is 23.2 Å². The Hall–Kier alpha value is -3.31. The number of aromatic nitrogens is 2. The summed E-state index contributed by atoms with van der Waals surface area (Å²) in [4.78, 5) is 8.68. The molecule has 8 nitrogen and oxygen atoms in total. The summed E-state index contributed by atoms with van der Waals surface area (Å²) in [6.45, 7) is 4.95. The molecule has 0 aliphatic rings. The van der Waals surface area contributed by atoms with Crippen LogP contribution in [-0.2, 0) is 13.1 Å². The lowest BCUT2D eigenvalue weighted by atomic mass is 10.0. The van der Waals surface area contributed by atoms with E-state index in [0.717, 1.165) is 11.1 Å². The minimum absolute atomic E-state index is 0.0297. The molecule has 0 saturated heterocycles. The number of rotatable bonds is 13. The van der Waals surface area contributed by atoms with Gasteiger partial charge in [-0.25, -0.2) is 9.37 Å². The van der Waals surface area contributed by atoms with Crippen LogP contribution in [0.3, 0.4) is 0 Å². The smallest absolute Gasteiger partial charge is 0.170 e. The van der Waals surface area contributed by atoms with Crippen LogP contribution in [0, 0.1) is 5.82 Å². The van der Waals surface area contributed by atoms with Crippen LogP contribution in [0.1, 0.15) is 25.0 Å². The van der Waals surface area contributed by atoms with Crippen molar-refractivity contribution in [1.82, 2.24) is 20.6 Å². The Labute approximate surface area is 254 Å². The van der Waals surface area contributed by atoms with Crippen molar-refractivity contribution in [2.45, 2.75) is 39.1 Å². The average Bonchev–Trinajstić information content (AvgIpc) is 2.96. The van der Waals surface area contributed by atoms with Gasteiger partial charge < -0.3 is 30.9 Å². The first-order valence-electron chi connectivity index (χ1n) is 13.5. The molecule has 4 rings (SSSR count). The van der Waals surface area contributed by atoms with E-state index in [9.17, 15) is 10.2 Å². The van der Waals surface area contributed by atoms with Crippen LogP contribution in [0.5, 0.6) is 5.75 Å². The summed E-state index contributed by atoms with van der Waals surface area (Å²) in [6.07, 6.45) is 2.17. The monoisotopic (exact) mass is 613 g/mol. The van der Waals surface area contributed by atoms with Gasteiger partial charge in [-0.05, 0) is 38.1 Å². The van der Waals surface area contributed by atoms with E-state index in [0.29, 0.717) is 63.5 Å². The Morgan fingerprint density at radius 3 is 2.21 bits per heavy atom. The zero-order valence-corrected chi connectivity index (χ0v) is 25.1. The topological polar surface area (TPSA) is 112 Å². The van der Waals surface area contributed by atoms with Crippen molar-refractivity contribution >= 4 is 34.7 Å². The largest absolute Gasteiger partial charge is 0.496 e. The van der Waals surface area contributed by atoms with Crippen molar-refractivity contribution in [2.75, 3.05) is 25.5 Å². The number of nitrogens with one attached hydrogen (secondary N) is 3. The van der Waals surface area contributed by atoms with Crippen LogP contribution in [-0.4, -0.2) is 52.6 Å². The van der Waals surface area contributed by atoms with E-state index in [1.807, 2.05) is 24.3 Å². The van der Waals surface area contributed by atoms with Crippen molar-refractivity contribution in [3.63, 3.8) is 0 Å². The summed E-state index contributed by atoms with van der Waals surface area (Å²) in [7, 11) is 1.60. The maximum Gasteiger partial charge on any atom is 0.170 e. The summed E-state index contributed by atoms with van der Waals surface area (Å²) in [5.74, 6) is 0.178. The van der Waals surface area contributed by atoms with Gasteiger partial charge in [-0.1, -0.05) is 47.5 Å². The van der Waals surface area contributed by atoms with E-state index in [1.54, 1.807) is 51.4 Å². The number of ether oxygens (including phenoxy) is 1. The van der Waals surface area contributed by atoms with E-state index >= 15 is 4.39 Å². The first-order valence-corrected chi connectivity index (χ1v) is 14.2. The van der Waals surface area contributed by atoms with Gasteiger partial charge in [0.15, 0.2) is 11.6 Å². The number of hydrogen-bond acceptors (Lipinski definition) is 8. The van der Waals surface area contributed by atoms with E-state index in [4.69, 9.17) is 27.9 Å². The van der Waals surface area contributed by atoms with Crippen LogP contribution in [0.15, 0.2) is 60.9 Å². The van der Waals surface area contributed by atoms with Gasteiger partial charge in [0.1, 0.15) is 5.75 Å². The number of aliphatic hydroxyl groups excluding tert-OH is 2. The Kier molecular flexibility index (Phi) is 11.1. The van der Waals surface area contributed by atoms with Gasteiger partial charge in [0.25, 0.3) is 0 Å². The summed E-state index contributed by atoms with van der Waals surface area (Å²) in [6, 6.07) is 14.4. The van der Waals surface area contributed by atoms with E-state index in [1.165, 1.54) is 6.20 Å². The van der Waals surface area contributed by atoms with E-state index in [-0.39, 0.29) is 12.4 Å². The fourth-order valence-electron chi connectivity index (χ4n) is 4.39. The molecule has 0 fully saturated rings. The number of pyridine rings is 2. The number of methoxy groups -OCH3 is 1. The Morgan fingerprint density at radius 2 is 1.52 bits per heavy atom. The van der Waals surface area contributed by atoms with E-state index in [2.05, 4.69) is 25.9 Å². The highest BCUT2D eigenvalue weighted by atomic mass is 35.5. The molecule has 2 heterocycles. The normalized spacial score (nSPS) is 12.7. The molecule has 0 radical (unpaired) electrons. The molecule has 2 aromatic carbocycles. The second-order valence-corrected chi connectivity index (χ2v) is 10.7. The van der Waals surface area contributed by atoms with Gasteiger partial charge in [-0.2, -0.15) is 0 Å². The summed E-state index contributed by atoms with van der Waals surface area (Å²) in [5.41, 5.74) is 4.39. The van der Waals surface area contributed by atoms with Crippen molar-refractivity contribution in [3.05, 3.63) is 87.9 Å². The Bertz CT molecular complexity index is 1520. The van der Waals surface area contributed by atoms with Crippen LogP contribution < -0.4 is 20.7 Å².